The topological polar surface area (TPSA) is 13.1 Å². The first kappa shape index (κ1) is 19.4. The first-order valence-electron chi connectivity index (χ1n) is 19.5. The highest BCUT2D eigenvalue weighted by Gasteiger charge is 2.17. The summed E-state index contributed by atoms with van der Waals surface area (Å²) in [6.45, 7) is 0. The van der Waals surface area contributed by atoms with Gasteiger partial charge in [0.15, 0.2) is 0 Å². The number of hydrogen-bond acceptors (Lipinski definition) is 1. The van der Waals surface area contributed by atoms with Gasteiger partial charge in [0.2, 0.25) is 0 Å². The van der Waals surface area contributed by atoms with Crippen LogP contribution in [-0.4, -0.2) is 0 Å². The second kappa shape index (κ2) is 10.2. The molecule has 10 rings (SSSR count). The molecule has 0 N–H and O–H groups in total. The second-order valence-corrected chi connectivity index (χ2v) is 11.9. The summed E-state index contributed by atoms with van der Waals surface area (Å²) in [7, 11) is 0. The van der Waals surface area contributed by atoms with Crippen LogP contribution >= 0.6 is 0 Å². The van der Waals surface area contributed by atoms with Gasteiger partial charge in [-0.1, -0.05) is 145 Å². The summed E-state index contributed by atoms with van der Waals surface area (Å²) in [6.07, 6.45) is 0. The molecule has 0 aliphatic heterocycles. The first-order chi connectivity index (χ1) is 26.6. The Morgan fingerprint density at radius 1 is 0.362 bits per heavy atom. The number of rotatable bonds is 3. The van der Waals surface area contributed by atoms with Crippen molar-refractivity contribution in [2.24, 2.45) is 0 Å². The minimum atomic E-state index is -0.424. The third-order valence-electron chi connectivity index (χ3n) is 9.28. The summed E-state index contributed by atoms with van der Waals surface area (Å²) in [4.78, 5) is 0. The maximum atomic E-state index is 9.26. The maximum absolute atomic E-state index is 9.26. The Bertz CT molecular complexity index is 3210. The molecule has 0 unspecified atom stereocenters. The van der Waals surface area contributed by atoms with Gasteiger partial charge < -0.3 is 4.42 Å². The van der Waals surface area contributed by atoms with E-state index in [1.807, 2.05) is 97.1 Å². The second-order valence-electron chi connectivity index (χ2n) is 11.9. The van der Waals surface area contributed by atoms with Gasteiger partial charge in [0.05, 0.1) is 11.0 Å². The summed E-state index contributed by atoms with van der Waals surface area (Å²) in [5, 5.41) is 6.96. The summed E-state index contributed by atoms with van der Waals surface area (Å²) in [6, 6.07) is 36.5. The molecule has 1 heterocycles. The van der Waals surface area contributed by atoms with Crippen molar-refractivity contribution in [2.75, 3.05) is 0 Å². The van der Waals surface area contributed by atoms with Crippen molar-refractivity contribution in [3.05, 3.63) is 170 Å². The standard InChI is InChI=1S/C46H28O/c1-2-11-33-27-35(22-19-29(33)9-1)45-39-15-7-5-13-37(39)44(38-14-6-8-16-40(38)45)32-20-17-30(18-21-32)34-23-25-41-43(28-34)47-42-26-24-31-10-3-4-12-36(31)46(41)42/h1-28H/i5D,6D,7D,8D,13D,14D,15D,16D. The molecule has 218 valence electrons. The Hall–Kier alpha value is -6.18. The SMILES string of the molecule is [2H]c1c([2H])c([2H])c2c(-c3ccc4ccccc4c3)c3c([2H])c([2H])c([2H])c([2H])c3c(-c3ccc(-c4ccc5c(c4)oc4ccc6ccccc6c45)cc3)c2c1[2H]. The summed E-state index contributed by atoms with van der Waals surface area (Å²) in [5.74, 6) is 0. The molecule has 0 radical (unpaired) electrons. The molecule has 0 atom stereocenters. The van der Waals surface area contributed by atoms with Crippen molar-refractivity contribution in [2.45, 2.75) is 0 Å². The highest BCUT2D eigenvalue weighted by molar-refractivity contribution is 6.22. The molecule has 1 heteroatoms. The largest absolute Gasteiger partial charge is 0.456 e. The molecule has 1 nitrogen and oxygen atoms in total. The monoisotopic (exact) mass is 604 g/mol. The van der Waals surface area contributed by atoms with Gasteiger partial charge >= 0.3 is 0 Å². The number of hydrogen-bond donors (Lipinski definition) is 0. The van der Waals surface area contributed by atoms with Crippen molar-refractivity contribution in [3.8, 4) is 33.4 Å². The molecule has 0 saturated heterocycles. The first-order valence-corrected chi connectivity index (χ1v) is 15.5. The highest BCUT2D eigenvalue weighted by Crippen LogP contribution is 2.44. The molecule has 47 heavy (non-hydrogen) atoms. The lowest BCUT2D eigenvalue weighted by atomic mass is 9.85. The van der Waals surface area contributed by atoms with E-state index in [9.17, 15) is 5.48 Å². The average Bonchev–Trinajstić information content (AvgIpc) is 3.61. The fraction of sp³-hybridized carbons (Fsp3) is 0. The van der Waals surface area contributed by atoms with E-state index in [2.05, 4.69) is 24.3 Å². The molecule has 0 aliphatic carbocycles. The van der Waals surface area contributed by atoms with Gasteiger partial charge in [-0.25, -0.2) is 0 Å². The summed E-state index contributed by atoms with van der Waals surface area (Å²) < 4.78 is 78.2. The van der Waals surface area contributed by atoms with E-state index in [4.69, 9.17) is 9.90 Å². The van der Waals surface area contributed by atoms with E-state index < -0.39 is 24.2 Å². The van der Waals surface area contributed by atoms with E-state index in [1.165, 1.54) is 0 Å². The van der Waals surface area contributed by atoms with Gasteiger partial charge in [0.25, 0.3) is 0 Å². The Labute approximate surface area is 283 Å². The Morgan fingerprint density at radius 3 is 1.64 bits per heavy atom. The van der Waals surface area contributed by atoms with Gasteiger partial charge in [-0.05, 0) is 101 Å². The number of benzene rings is 9. The molecular formula is C46H28O. The molecule has 0 amide bonds. The Kier molecular flexibility index (Phi) is 4.19. The van der Waals surface area contributed by atoms with Crippen molar-refractivity contribution in [3.63, 3.8) is 0 Å². The fourth-order valence-electron chi connectivity index (χ4n) is 7.10. The van der Waals surface area contributed by atoms with Crippen LogP contribution in [0, 0.1) is 0 Å². The van der Waals surface area contributed by atoms with E-state index in [0.717, 1.165) is 54.6 Å². The third-order valence-corrected chi connectivity index (χ3v) is 9.28. The molecule has 10 aromatic rings. The average molecular weight is 605 g/mol. The zero-order chi connectivity index (χ0) is 37.9. The molecule has 1 aromatic heterocycles. The maximum Gasteiger partial charge on any atom is 0.136 e. The van der Waals surface area contributed by atoms with Crippen LogP contribution in [0.1, 0.15) is 11.0 Å². The normalized spacial score (nSPS) is 14.2. The van der Waals surface area contributed by atoms with Gasteiger partial charge in [-0.15, -0.1) is 0 Å². The summed E-state index contributed by atoms with van der Waals surface area (Å²) >= 11 is 0. The van der Waals surface area contributed by atoms with Crippen LogP contribution in [0.15, 0.2) is 174 Å². The summed E-state index contributed by atoms with van der Waals surface area (Å²) in [5.41, 5.74) is 5.13. The van der Waals surface area contributed by atoms with Crippen LogP contribution in [-0.2, 0) is 0 Å². The Morgan fingerprint density at radius 2 is 0.915 bits per heavy atom. The zero-order valence-electron chi connectivity index (χ0n) is 33.0. The molecule has 0 spiro atoms. The quantitative estimate of drug-likeness (QED) is 0.183. The number of furan rings is 1. The van der Waals surface area contributed by atoms with Gasteiger partial charge in [0, 0.05) is 10.8 Å². The predicted molar refractivity (Wildman–Crippen MR) is 200 cm³/mol. The minimum Gasteiger partial charge on any atom is -0.456 e. The van der Waals surface area contributed by atoms with E-state index >= 15 is 0 Å². The Balaban J connectivity index is 1.24. The predicted octanol–water partition coefficient (Wildman–Crippen LogP) is 13.2. The van der Waals surface area contributed by atoms with Crippen LogP contribution in [0.5, 0.6) is 0 Å². The van der Waals surface area contributed by atoms with Crippen LogP contribution in [0.2, 0.25) is 0 Å². The molecule has 0 saturated carbocycles. The van der Waals surface area contributed by atoms with E-state index in [0.29, 0.717) is 22.3 Å². The van der Waals surface area contributed by atoms with Crippen LogP contribution in [0.4, 0.5) is 0 Å². The van der Waals surface area contributed by atoms with Gasteiger partial charge in [-0.3, -0.25) is 0 Å². The molecule has 9 aromatic carbocycles. The van der Waals surface area contributed by atoms with Gasteiger partial charge in [0.1, 0.15) is 11.2 Å². The van der Waals surface area contributed by atoms with Crippen molar-refractivity contribution in [1.29, 1.82) is 0 Å². The van der Waals surface area contributed by atoms with E-state index in [1.54, 1.807) is 0 Å². The van der Waals surface area contributed by atoms with Crippen LogP contribution in [0.3, 0.4) is 0 Å². The molecule has 0 bridgehead atoms. The lowest BCUT2D eigenvalue weighted by Gasteiger charge is -2.18. The van der Waals surface area contributed by atoms with Crippen LogP contribution in [0.25, 0.3) is 98.4 Å². The lowest BCUT2D eigenvalue weighted by Crippen LogP contribution is -1.91. The third kappa shape index (κ3) is 4.03. The smallest absolute Gasteiger partial charge is 0.136 e. The van der Waals surface area contributed by atoms with Gasteiger partial charge in [-0.2, -0.15) is 0 Å². The van der Waals surface area contributed by atoms with E-state index in [-0.39, 0.29) is 45.7 Å². The van der Waals surface area contributed by atoms with Crippen molar-refractivity contribution in [1.82, 2.24) is 0 Å². The molecule has 0 fully saturated rings. The zero-order valence-corrected chi connectivity index (χ0v) is 25.0. The van der Waals surface area contributed by atoms with Crippen molar-refractivity contribution >= 4 is 65.0 Å². The fourth-order valence-corrected chi connectivity index (χ4v) is 7.10. The minimum absolute atomic E-state index is 0.190. The molecular weight excluding hydrogens is 569 g/mol. The van der Waals surface area contributed by atoms with Crippen molar-refractivity contribution < 1.29 is 15.4 Å². The van der Waals surface area contributed by atoms with Crippen LogP contribution < -0.4 is 0 Å². The molecule has 0 aliphatic rings. The highest BCUT2D eigenvalue weighted by atomic mass is 16.3. The number of fused-ring (bicyclic) bond motifs is 8. The lowest BCUT2D eigenvalue weighted by molar-refractivity contribution is 0.669.